The maximum Gasteiger partial charge on any atom is 0.0806 e. The van der Waals surface area contributed by atoms with Crippen molar-refractivity contribution in [3.8, 4) is 0 Å². The molecule has 1 rings (SSSR count). The van der Waals surface area contributed by atoms with E-state index in [1.807, 2.05) is 7.05 Å². The molecule has 2 heteroatoms. The van der Waals surface area contributed by atoms with Crippen LogP contribution in [0.2, 0.25) is 0 Å². The molecule has 1 aliphatic carbocycles. The summed E-state index contributed by atoms with van der Waals surface area (Å²) in [4.78, 5) is 0. The van der Waals surface area contributed by atoms with E-state index in [-0.39, 0.29) is 5.60 Å². The highest BCUT2D eigenvalue weighted by Crippen LogP contribution is 2.36. The highest BCUT2D eigenvalue weighted by Gasteiger charge is 2.35. The van der Waals surface area contributed by atoms with Gasteiger partial charge in [-0.1, -0.05) is 26.7 Å². The Labute approximate surface area is 101 Å². The van der Waals surface area contributed by atoms with Crippen molar-refractivity contribution < 1.29 is 4.74 Å². The van der Waals surface area contributed by atoms with E-state index >= 15 is 0 Å². The van der Waals surface area contributed by atoms with E-state index < -0.39 is 0 Å². The fourth-order valence-corrected chi connectivity index (χ4v) is 2.91. The second kappa shape index (κ2) is 7.29. The first kappa shape index (κ1) is 14.0. The number of likely N-dealkylation sites (N-methyl/N-ethyl adjacent to an activating group) is 1. The molecule has 96 valence electrons. The van der Waals surface area contributed by atoms with Crippen molar-refractivity contribution in [1.82, 2.24) is 5.32 Å². The Kier molecular flexibility index (Phi) is 6.37. The van der Waals surface area contributed by atoms with Gasteiger partial charge in [-0.3, -0.25) is 0 Å². The second-order valence-electron chi connectivity index (χ2n) is 5.29. The molecule has 0 unspecified atom stereocenters. The van der Waals surface area contributed by atoms with E-state index in [9.17, 15) is 0 Å². The number of rotatable bonds is 7. The Morgan fingerprint density at radius 3 is 2.38 bits per heavy atom. The van der Waals surface area contributed by atoms with Crippen molar-refractivity contribution in [2.45, 2.75) is 64.4 Å². The summed E-state index contributed by atoms with van der Waals surface area (Å²) in [7, 11) is 2.04. The maximum atomic E-state index is 6.12. The van der Waals surface area contributed by atoms with Gasteiger partial charge >= 0.3 is 0 Å². The van der Waals surface area contributed by atoms with Crippen LogP contribution in [0.15, 0.2) is 0 Å². The summed E-state index contributed by atoms with van der Waals surface area (Å²) in [5.41, 5.74) is 0.148. The van der Waals surface area contributed by atoms with Crippen LogP contribution >= 0.6 is 0 Å². The van der Waals surface area contributed by atoms with Crippen molar-refractivity contribution in [3.63, 3.8) is 0 Å². The largest absolute Gasteiger partial charge is 0.374 e. The molecule has 0 radical (unpaired) electrons. The Balaban J connectivity index is 2.41. The Bertz CT molecular complexity index is 174. The lowest BCUT2D eigenvalue weighted by Gasteiger charge is -2.40. The molecule has 0 amide bonds. The van der Waals surface area contributed by atoms with Gasteiger partial charge in [-0.15, -0.1) is 0 Å². The van der Waals surface area contributed by atoms with Crippen LogP contribution in [0.4, 0.5) is 0 Å². The summed E-state index contributed by atoms with van der Waals surface area (Å²) in [5, 5.41) is 3.31. The molecule has 2 nitrogen and oxygen atoms in total. The lowest BCUT2D eigenvalue weighted by atomic mass is 9.77. The minimum absolute atomic E-state index is 0.148. The number of hydrogen-bond acceptors (Lipinski definition) is 2. The third-order valence-corrected chi connectivity index (χ3v) is 3.82. The molecule has 0 aromatic rings. The zero-order chi connectivity index (χ0) is 11.9. The van der Waals surface area contributed by atoms with Crippen LogP contribution in [0.5, 0.6) is 0 Å². The van der Waals surface area contributed by atoms with Crippen molar-refractivity contribution in [3.05, 3.63) is 0 Å². The third kappa shape index (κ3) is 4.06. The third-order valence-electron chi connectivity index (χ3n) is 3.82. The van der Waals surface area contributed by atoms with Crippen LogP contribution in [-0.2, 0) is 4.74 Å². The van der Waals surface area contributed by atoms with Gasteiger partial charge in [-0.2, -0.15) is 0 Å². The Hall–Kier alpha value is -0.0800. The van der Waals surface area contributed by atoms with E-state index in [1.54, 1.807) is 0 Å². The molecular weight excluding hydrogens is 198 g/mol. The molecule has 0 spiro atoms. The zero-order valence-electron chi connectivity index (χ0n) is 11.3. The lowest BCUT2D eigenvalue weighted by molar-refractivity contribution is -0.0757. The summed E-state index contributed by atoms with van der Waals surface area (Å²) in [6.07, 6.45) is 9.09. The van der Waals surface area contributed by atoms with Crippen LogP contribution < -0.4 is 5.32 Å². The van der Waals surface area contributed by atoms with Gasteiger partial charge < -0.3 is 10.1 Å². The number of nitrogens with one attached hydrogen (secondary N) is 1. The van der Waals surface area contributed by atoms with E-state index in [0.717, 1.165) is 25.5 Å². The summed E-state index contributed by atoms with van der Waals surface area (Å²) in [5.74, 6) is 0.959. The first-order valence-corrected chi connectivity index (χ1v) is 7.05. The number of hydrogen-bond donors (Lipinski definition) is 1. The van der Waals surface area contributed by atoms with Crippen molar-refractivity contribution in [2.75, 3.05) is 20.2 Å². The molecule has 0 heterocycles. The second-order valence-corrected chi connectivity index (χ2v) is 5.29. The average Bonchev–Trinajstić information content (AvgIpc) is 2.30. The topological polar surface area (TPSA) is 21.3 Å². The van der Waals surface area contributed by atoms with E-state index in [1.165, 1.54) is 38.5 Å². The first-order chi connectivity index (χ1) is 7.76. The van der Waals surface area contributed by atoms with Crippen molar-refractivity contribution in [2.24, 2.45) is 5.92 Å². The molecule has 1 N–H and O–H groups in total. The predicted octanol–water partition coefficient (Wildman–Crippen LogP) is 3.36. The standard InChI is InChI=1S/C14H29NO/c1-4-6-13-7-9-14(10-8-13,12-15-3)16-11-5-2/h13,15H,4-12H2,1-3H3. The zero-order valence-corrected chi connectivity index (χ0v) is 11.3. The molecule has 16 heavy (non-hydrogen) atoms. The molecule has 0 aliphatic heterocycles. The summed E-state index contributed by atoms with van der Waals surface area (Å²) in [6.45, 7) is 6.42. The highest BCUT2D eigenvalue weighted by molar-refractivity contribution is 4.88. The molecule has 0 saturated heterocycles. The van der Waals surface area contributed by atoms with Crippen LogP contribution in [0, 0.1) is 5.92 Å². The summed E-state index contributed by atoms with van der Waals surface area (Å²) < 4.78 is 6.12. The van der Waals surface area contributed by atoms with Gasteiger partial charge in [-0.05, 0) is 45.1 Å². The Morgan fingerprint density at radius 2 is 1.88 bits per heavy atom. The van der Waals surface area contributed by atoms with Crippen LogP contribution in [0.3, 0.4) is 0 Å². The quantitative estimate of drug-likeness (QED) is 0.720. The van der Waals surface area contributed by atoms with Crippen molar-refractivity contribution >= 4 is 0 Å². The summed E-state index contributed by atoms with van der Waals surface area (Å²) >= 11 is 0. The fraction of sp³-hybridized carbons (Fsp3) is 1.00. The Morgan fingerprint density at radius 1 is 1.19 bits per heavy atom. The predicted molar refractivity (Wildman–Crippen MR) is 69.8 cm³/mol. The minimum Gasteiger partial charge on any atom is -0.374 e. The molecule has 0 bridgehead atoms. The molecule has 1 aliphatic rings. The molecular formula is C14H29NO. The lowest BCUT2D eigenvalue weighted by Crippen LogP contribution is -2.45. The molecule has 1 saturated carbocycles. The van der Waals surface area contributed by atoms with Gasteiger partial charge in [-0.25, -0.2) is 0 Å². The minimum atomic E-state index is 0.148. The van der Waals surface area contributed by atoms with Crippen LogP contribution in [0.1, 0.15) is 58.8 Å². The average molecular weight is 227 g/mol. The molecule has 0 atom stereocenters. The monoisotopic (exact) mass is 227 g/mol. The summed E-state index contributed by atoms with van der Waals surface area (Å²) in [6, 6.07) is 0. The van der Waals surface area contributed by atoms with E-state index in [4.69, 9.17) is 4.74 Å². The molecule has 1 fully saturated rings. The SMILES string of the molecule is CCCOC1(CNC)CCC(CCC)CC1. The highest BCUT2D eigenvalue weighted by atomic mass is 16.5. The van der Waals surface area contributed by atoms with E-state index in [0.29, 0.717) is 0 Å². The van der Waals surface area contributed by atoms with Gasteiger partial charge in [0.15, 0.2) is 0 Å². The smallest absolute Gasteiger partial charge is 0.0806 e. The molecule has 0 aromatic heterocycles. The molecule has 0 aromatic carbocycles. The van der Waals surface area contributed by atoms with Gasteiger partial charge in [0.2, 0.25) is 0 Å². The van der Waals surface area contributed by atoms with Gasteiger partial charge in [0.1, 0.15) is 0 Å². The van der Waals surface area contributed by atoms with Gasteiger partial charge in [0, 0.05) is 13.2 Å². The maximum absolute atomic E-state index is 6.12. The van der Waals surface area contributed by atoms with Crippen LogP contribution in [0.25, 0.3) is 0 Å². The van der Waals surface area contributed by atoms with Crippen LogP contribution in [-0.4, -0.2) is 25.8 Å². The van der Waals surface area contributed by atoms with Gasteiger partial charge in [0.25, 0.3) is 0 Å². The van der Waals surface area contributed by atoms with E-state index in [2.05, 4.69) is 19.2 Å². The fourth-order valence-electron chi connectivity index (χ4n) is 2.91. The van der Waals surface area contributed by atoms with Gasteiger partial charge in [0.05, 0.1) is 5.60 Å². The first-order valence-electron chi connectivity index (χ1n) is 7.05. The normalized spacial score (nSPS) is 30.6. The number of ether oxygens (including phenoxy) is 1. The van der Waals surface area contributed by atoms with Crippen molar-refractivity contribution in [1.29, 1.82) is 0 Å².